The quantitative estimate of drug-likeness (QED) is 0.403. The number of fused-ring (bicyclic) bond motifs is 1. The van der Waals surface area contributed by atoms with Crippen LogP contribution in [0.25, 0.3) is 22.6 Å². The summed E-state index contributed by atoms with van der Waals surface area (Å²) in [6.45, 7) is -0.0741. The molecule has 140 valence electrons. The fourth-order valence-electron chi connectivity index (χ4n) is 2.60. The van der Waals surface area contributed by atoms with Gasteiger partial charge in [0.15, 0.2) is 12.2 Å². The van der Waals surface area contributed by atoms with Gasteiger partial charge in [-0.05, 0) is 66.7 Å². The lowest BCUT2D eigenvalue weighted by Gasteiger charge is -2.08. The molecule has 1 amide bonds. The Balaban J connectivity index is 1.39. The predicted molar refractivity (Wildman–Crippen MR) is 113 cm³/mol. The van der Waals surface area contributed by atoms with E-state index >= 15 is 0 Å². The summed E-state index contributed by atoms with van der Waals surface area (Å²) in [4.78, 5) is 16.5. The van der Waals surface area contributed by atoms with Crippen LogP contribution in [-0.2, 0) is 4.79 Å². The topological polar surface area (TPSA) is 64.4 Å². The number of amides is 1. The zero-order valence-corrected chi connectivity index (χ0v) is 16.8. The second-order valence-corrected chi connectivity index (χ2v) is 7.35. The molecule has 0 fully saturated rings. The van der Waals surface area contributed by atoms with Gasteiger partial charge in [-0.1, -0.05) is 27.5 Å². The maximum Gasteiger partial charge on any atom is 0.262 e. The van der Waals surface area contributed by atoms with Gasteiger partial charge in [0.25, 0.3) is 5.91 Å². The van der Waals surface area contributed by atoms with Gasteiger partial charge in [0.1, 0.15) is 11.3 Å². The Kier molecular flexibility index (Phi) is 5.32. The Morgan fingerprint density at radius 2 is 1.82 bits per heavy atom. The van der Waals surface area contributed by atoms with Gasteiger partial charge in [0.05, 0.1) is 0 Å². The van der Waals surface area contributed by atoms with Gasteiger partial charge < -0.3 is 14.5 Å². The standard InChI is InChI=1S/C21H14BrClN2O3/c22-14-3-8-17(9-4-14)27-12-20(26)24-16-6-1-13(2-7-16)21-25-18-11-15(23)5-10-19(18)28-21/h1-11H,12H2,(H,24,26). The second-order valence-electron chi connectivity index (χ2n) is 6.00. The molecule has 0 aliphatic carbocycles. The van der Waals surface area contributed by atoms with Crippen LogP contribution in [0.3, 0.4) is 0 Å². The molecule has 0 unspecified atom stereocenters. The van der Waals surface area contributed by atoms with Crippen molar-refractivity contribution in [3.63, 3.8) is 0 Å². The van der Waals surface area contributed by atoms with Crippen molar-refractivity contribution in [2.24, 2.45) is 0 Å². The highest BCUT2D eigenvalue weighted by molar-refractivity contribution is 9.10. The largest absolute Gasteiger partial charge is 0.484 e. The monoisotopic (exact) mass is 456 g/mol. The fraction of sp³-hybridized carbons (Fsp3) is 0.0476. The predicted octanol–water partition coefficient (Wildman–Crippen LogP) is 5.93. The van der Waals surface area contributed by atoms with E-state index in [-0.39, 0.29) is 12.5 Å². The fourth-order valence-corrected chi connectivity index (χ4v) is 3.03. The Morgan fingerprint density at radius 3 is 2.57 bits per heavy atom. The zero-order chi connectivity index (χ0) is 19.5. The number of halogens is 2. The van der Waals surface area contributed by atoms with Crippen molar-refractivity contribution >= 4 is 50.2 Å². The van der Waals surface area contributed by atoms with Crippen LogP contribution in [0.15, 0.2) is 75.6 Å². The van der Waals surface area contributed by atoms with Gasteiger partial charge in [-0.2, -0.15) is 0 Å². The third-order valence-corrected chi connectivity index (χ3v) is 4.71. The molecule has 0 radical (unpaired) electrons. The number of oxazole rings is 1. The van der Waals surface area contributed by atoms with Crippen molar-refractivity contribution < 1.29 is 13.9 Å². The molecule has 0 saturated carbocycles. The number of rotatable bonds is 5. The van der Waals surface area contributed by atoms with Crippen molar-refractivity contribution in [2.45, 2.75) is 0 Å². The Bertz CT molecular complexity index is 1120. The number of ether oxygens (including phenoxy) is 1. The van der Waals surface area contributed by atoms with Gasteiger partial charge in [-0.3, -0.25) is 4.79 Å². The van der Waals surface area contributed by atoms with Gasteiger partial charge >= 0.3 is 0 Å². The molecule has 0 bridgehead atoms. The van der Waals surface area contributed by atoms with Crippen LogP contribution in [0.4, 0.5) is 5.69 Å². The molecule has 1 aromatic heterocycles. The number of benzene rings is 3. The molecule has 0 aliphatic heterocycles. The van der Waals surface area contributed by atoms with E-state index < -0.39 is 0 Å². The maximum absolute atomic E-state index is 12.1. The first kappa shape index (κ1) is 18.5. The Hall–Kier alpha value is -2.83. The zero-order valence-electron chi connectivity index (χ0n) is 14.5. The molecule has 5 nitrogen and oxygen atoms in total. The van der Waals surface area contributed by atoms with Gasteiger partial charge in [0, 0.05) is 20.7 Å². The van der Waals surface area contributed by atoms with Crippen LogP contribution >= 0.6 is 27.5 Å². The summed E-state index contributed by atoms with van der Waals surface area (Å²) >= 11 is 9.33. The molecule has 1 heterocycles. The minimum absolute atomic E-state index is 0.0741. The number of carbonyl (C=O) groups excluding carboxylic acids is 1. The number of aromatic nitrogens is 1. The maximum atomic E-state index is 12.1. The lowest BCUT2D eigenvalue weighted by molar-refractivity contribution is -0.118. The summed E-state index contributed by atoms with van der Waals surface area (Å²) in [5.41, 5.74) is 2.83. The van der Waals surface area contributed by atoms with Crippen LogP contribution in [0, 0.1) is 0 Å². The summed E-state index contributed by atoms with van der Waals surface area (Å²) in [6.07, 6.45) is 0. The molecule has 7 heteroatoms. The summed E-state index contributed by atoms with van der Waals surface area (Å²) in [6, 6.07) is 19.8. The van der Waals surface area contributed by atoms with Crippen LogP contribution in [0.2, 0.25) is 5.02 Å². The lowest BCUT2D eigenvalue weighted by atomic mass is 10.2. The smallest absolute Gasteiger partial charge is 0.262 e. The minimum atomic E-state index is -0.243. The number of nitrogens with one attached hydrogen (secondary N) is 1. The molecular formula is C21H14BrClN2O3. The second kappa shape index (κ2) is 8.04. The van der Waals surface area contributed by atoms with Gasteiger partial charge in [0.2, 0.25) is 5.89 Å². The van der Waals surface area contributed by atoms with Gasteiger partial charge in [-0.25, -0.2) is 4.98 Å². The van der Waals surface area contributed by atoms with E-state index in [0.29, 0.717) is 33.4 Å². The first-order valence-corrected chi connectivity index (χ1v) is 9.59. The summed E-state index contributed by atoms with van der Waals surface area (Å²) in [5.74, 6) is 0.880. The number of nitrogens with zero attached hydrogens (tertiary/aromatic N) is 1. The van der Waals surface area contributed by atoms with Crippen molar-refractivity contribution in [1.29, 1.82) is 0 Å². The molecule has 0 spiro atoms. The highest BCUT2D eigenvalue weighted by Gasteiger charge is 2.09. The van der Waals surface area contributed by atoms with E-state index in [4.69, 9.17) is 20.8 Å². The first-order chi connectivity index (χ1) is 13.6. The van der Waals surface area contributed by atoms with Gasteiger partial charge in [-0.15, -0.1) is 0 Å². The molecule has 4 rings (SSSR count). The Labute approximate surface area is 174 Å². The number of carbonyl (C=O) groups is 1. The molecule has 28 heavy (non-hydrogen) atoms. The van der Waals surface area contributed by atoms with Crippen LogP contribution in [0.5, 0.6) is 5.75 Å². The van der Waals surface area contributed by atoms with Crippen molar-refractivity contribution in [2.75, 3.05) is 11.9 Å². The van der Waals surface area contributed by atoms with Crippen LogP contribution in [-0.4, -0.2) is 17.5 Å². The molecule has 0 saturated heterocycles. The average Bonchev–Trinajstić information content (AvgIpc) is 3.11. The van der Waals surface area contributed by atoms with E-state index in [0.717, 1.165) is 10.0 Å². The SMILES string of the molecule is O=C(COc1ccc(Br)cc1)Nc1ccc(-c2nc3cc(Cl)ccc3o2)cc1. The molecule has 1 N–H and O–H groups in total. The number of hydrogen-bond donors (Lipinski definition) is 1. The van der Waals surface area contributed by atoms with Crippen LogP contribution in [0.1, 0.15) is 0 Å². The summed E-state index contributed by atoms with van der Waals surface area (Å²) in [5, 5.41) is 3.40. The molecule has 4 aromatic rings. The molecule has 3 aromatic carbocycles. The van der Waals surface area contributed by atoms with E-state index in [2.05, 4.69) is 26.2 Å². The third-order valence-electron chi connectivity index (χ3n) is 3.95. The molecule has 0 atom stereocenters. The number of anilines is 1. The highest BCUT2D eigenvalue weighted by atomic mass is 79.9. The lowest BCUT2D eigenvalue weighted by Crippen LogP contribution is -2.20. The van der Waals surface area contributed by atoms with E-state index in [1.165, 1.54) is 0 Å². The van der Waals surface area contributed by atoms with Crippen molar-refractivity contribution in [3.8, 4) is 17.2 Å². The molecule has 0 aliphatic rings. The first-order valence-electron chi connectivity index (χ1n) is 8.41. The van der Waals surface area contributed by atoms with Crippen molar-refractivity contribution in [1.82, 2.24) is 4.98 Å². The van der Waals surface area contributed by atoms with Crippen LogP contribution < -0.4 is 10.1 Å². The third kappa shape index (κ3) is 4.35. The van der Waals surface area contributed by atoms with E-state index in [1.54, 1.807) is 42.5 Å². The summed E-state index contributed by atoms with van der Waals surface area (Å²) < 4.78 is 12.2. The average molecular weight is 458 g/mol. The highest BCUT2D eigenvalue weighted by Crippen LogP contribution is 2.27. The number of hydrogen-bond acceptors (Lipinski definition) is 4. The normalized spacial score (nSPS) is 10.8. The van der Waals surface area contributed by atoms with E-state index in [1.807, 2.05) is 24.3 Å². The Morgan fingerprint density at radius 1 is 1.07 bits per heavy atom. The minimum Gasteiger partial charge on any atom is -0.484 e. The summed E-state index contributed by atoms with van der Waals surface area (Å²) in [7, 11) is 0. The van der Waals surface area contributed by atoms with Crippen molar-refractivity contribution in [3.05, 3.63) is 76.2 Å². The van der Waals surface area contributed by atoms with E-state index in [9.17, 15) is 4.79 Å². The molecular weight excluding hydrogens is 444 g/mol.